The van der Waals surface area contributed by atoms with Crippen molar-refractivity contribution in [3.8, 4) is 5.75 Å². The molecular weight excluding hydrogens is 342 g/mol. The van der Waals surface area contributed by atoms with Gasteiger partial charge >= 0.3 is 5.97 Å². The normalized spacial score (nSPS) is 11.7. The molecule has 0 unspecified atom stereocenters. The third-order valence-electron chi connectivity index (χ3n) is 4.32. The molecular formula is C22H21NO4. The van der Waals surface area contributed by atoms with Crippen molar-refractivity contribution in [3.05, 3.63) is 71.8 Å². The predicted octanol–water partition coefficient (Wildman–Crippen LogP) is 4.34. The number of anilines is 1. The third kappa shape index (κ3) is 4.26. The molecule has 27 heavy (non-hydrogen) atoms. The summed E-state index contributed by atoms with van der Waals surface area (Å²) in [5, 5.41) is 4.97. The van der Waals surface area contributed by atoms with Crippen LogP contribution in [0, 0.1) is 6.92 Å². The zero-order chi connectivity index (χ0) is 19.4. The van der Waals surface area contributed by atoms with Crippen LogP contribution in [0.3, 0.4) is 0 Å². The number of amides is 1. The molecule has 3 rings (SSSR count). The summed E-state index contributed by atoms with van der Waals surface area (Å²) in [6.45, 7) is 3.54. The number of carbonyl (C=O) groups is 2. The molecule has 1 amide bonds. The maximum Gasteiger partial charge on any atom is 0.337 e. The van der Waals surface area contributed by atoms with Gasteiger partial charge in [-0.15, -0.1) is 0 Å². The highest BCUT2D eigenvalue weighted by molar-refractivity contribution is 5.97. The molecule has 1 atom stereocenters. The molecule has 5 heteroatoms. The van der Waals surface area contributed by atoms with Crippen LogP contribution in [-0.4, -0.2) is 25.1 Å². The summed E-state index contributed by atoms with van der Waals surface area (Å²) < 4.78 is 10.5. The summed E-state index contributed by atoms with van der Waals surface area (Å²) in [6, 6.07) is 18.7. The van der Waals surface area contributed by atoms with Gasteiger partial charge < -0.3 is 14.8 Å². The lowest BCUT2D eigenvalue weighted by molar-refractivity contribution is -0.122. The van der Waals surface area contributed by atoms with Gasteiger partial charge in [-0.05, 0) is 54.4 Å². The fourth-order valence-corrected chi connectivity index (χ4v) is 2.73. The van der Waals surface area contributed by atoms with Crippen molar-refractivity contribution < 1.29 is 19.1 Å². The van der Waals surface area contributed by atoms with E-state index in [1.165, 1.54) is 7.11 Å². The molecule has 0 radical (unpaired) electrons. The number of carbonyl (C=O) groups excluding carboxylic acids is 2. The lowest BCUT2D eigenvalue weighted by Crippen LogP contribution is -2.30. The molecule has 0 saturated heterocycles. The molecule has 1 N–H and O–H groups in total. The molecule has 0 aliphatic carbocycles. The highest BCUT2D eigenvalue weighted by Crippen LogP contribution is 2.22. The van der Waals surface area contributed by atoms with Crippen LogP contribution in [0.25, 0.3) is 10.8 Å². The van der Waals surface area contributed by atoms with Gasteiger partial charge in [-0.2, -0.15) is 0 Å². The van der Waals surface area contributed by atoms with Crippen LogP contribution in [0.1, 0.15) is 22.8 Å². The average Bonchev–Trinajstić information content (AvgIpc) is 2.68. The Morgan fingerprint density at radius 1 is 0.963 bits per heavy atom. The van der Waals surface area contributed by atoms with Gasteiger partial charge in [0.05, 0.1) is 12.7 Å². The SMILES string of the molecule is COC(=O)c1ccc(C)c(NC(=O)[C@@H](C)Oc2ccc3ccccc3c2)c1. The molecule has 0 heterocycles. The van der Waals surface area contributed by atoms with Gasteiger partial charge in [0, 0.05) is 5.69 Å². The van der Waals surface area contributed by atoms with Crippen LogP contribution in [-0.2, 0) is 9.53 Å². The molecule has 3 aromatic carbocycles. The van der Waals surface area contributed by atoms with Gasteiger partial charge in [-0.3, -0.25) is 4.79 Å². The van der Waals surface area contributed by atoms with Crippen molar-refractivity contribution >= 4 is 28.3 Å². The molecule has 138 valence electrons. The molecule has 0 aliphatic heterocycles. The van der Waals surface area contributed by atoms with E-state index >= 15 is 0 Å². The first kappa shape index (κ1) is 18.5. The van der Waals surface area contributed by atoms with Gasteiger partial charge in [-0.25, -0.2) is 4.79 Å². The highest BCUT2D eigenvalue weighted by Gasteiger charge is 2.17. The molecule has 3 aromatic rings. The monoisotopic (exact) mass is 363 g/mol. The van der Waals surface area contributed by atoms with Crippen LogP contribution in [0.5, 0.6) is 5.75 Å². The summed E-state index contributed by atoms with van der Waals surface area (Å²) in [5.41, 5.74) is 1.77. The van der Waals surface area contributed by atoms with Crippen LogP contribution in [0.2, 0.25) is 0 Å². The fraction of sp³-hybridized carbons (Fsp3) is 0.182. The van der Waals surface area contributed by atoms with Gasteiger partial charge in [-0.1, -0.05) is 36.4 Å². The summed E-state index contributed by atoms with van der Waals surface area (Å²) in [4.78, 5) is 24.2. The van der Waals surface area contributed by atoms with Crippen LogP contribution in [0.4, 0.5) is 5.69 Å². The lowest BCUT2D eigenvalue weighted by atomic mass is 10.1. The molecule has 0 aliphatic rings. The third-order valence-corrected chi connectivity index (χ3v) is 4.32. The molecule has 0 spiro atoms. The summed E-state index contributed by atoms with van der Waals surface area (Å²) >= 11 is 0. The Bertz CT molecular complexity index is 997. The number of nitrogens with one attached hydrogen (secondary N) is 1. The number of esters is 1. The maximum atomic E-state index is 12.5. The van der Waals surface area contributed by atoms with Crippen molar-refractivity contribution in [3.63, 3.8) is 0 Å². The minimum absolute atomic E-state index is 0.298. The van der Waals surface area contributed by atoms with E-state index in [1.807, 2.05) is 49.4 Å². The van der Waals surface area contributed by atoms with Crippen molar-refractivity contribution in [1.29, 1.82) is 0 Å². The van der Waals surface area contributed by atoms with Crippen molar-refractivity contribution in [2.75, 3.05) is 12.4 Å². The topological polar surface area (TPSA) is 64.6 Å². The number of aryl methyl sites for hydroxylation is 1. The Morgan fingerprint density at radius 3 is 2.44 bits per heavy atom. The predicted molar refractivity (Wildman–Crippen MR) is 105 cm³/mol. The first-order chi connectivity index (χ1) is 13.0. The zero-order valence-corrected chi connectivity index (χ0v) is 15.5. The summed E-state index contributed by atoms with van der Waals surface area (Å²) in [7, 11) is 1.32. The van der Waals surface area contributed by atoms with Crippen molar-refractivity contribution in [2.45, 2.75) is 20.0 Å². The van der Waals surface area contributed by atoms with Crippen LogP contribution < -0.4 is 10.1 Å². The van der Waals surface area contributed by atoms with Gasteiger partial charge in [0.25, 0.3) is 5.91 Å². The van der Waals surface area contributed by atoms with Crippen molar-refractivity contribution in [2.24, 2.45) is 0 Å². The Labute approximate surface area is 157 Å². The van der Waals surface area contributed by atoms with E-state index in [2.05, 4.69) is 5.32 Å². The first-order valence-electron chi connectivity index (χ1n) is 8.63. The Hall–Kier alpha value is -3.34. The van der Waals surface area contributed by atoms with E-state index in [-0.39, 0.29) is 5.91 Å². The van der Waals surface area contributed by atoms with E-state index < -0.39 is 12.1 Å². The number of ether oxygens (including phenoxy) is 2. The van der Waals surface area contributed by atoms with Crippen molar-refractivity contribution in [1.82, 2.24) is 0 Å². The number of hydrogen-bond acceptors (Lipinski definition) is 4. The second kappa shape index (κ2) is 7.91. The first-order valence-corrected chi connectivity index (χ1v) is 8.63. The molecule has 5 nitrogen and oxygen atoms in total. The largest absolute Gasteiger partial charge is 0.481 e. The number of rotatable bonds is 5. The van der Waals surface area contributed by atoms with Gasteiger partial charge in [0.1, 0.15) is 5.75 Å². The smallest absolute Gasteiger partial charge is 0.337 e. The van der Waals surface area contributed by atoms with Crippen LogP contribution >= 0.6 is 0 Å². The van der Waals surface area contributed by atoms with Gasteiger partial charge in [0.2, 0.25) is 0 Å². The average molecular weight is 363 g/mol. The number of benzene rings is 3. The van der Waals surface area contributed by atoms with Crippen LogP contribution in [0.15, 0.2) is 60.7 Å². The maximum absolute atomic E-state index is 12.5. The summed E-state index contributed by atoms with van der Waals surface area (Å²) in [5.74, 6) is -0.129. The Balaban J connectivity index is 1.72. The van der Waals surface area contributed by atoms with E-state index in [0.717, 1.165) is 16.3 Å². The summed E-state index contributed by atoms with van der Waals surface area (Å²) in [6.07, 6.45) is -0.702. The number of fused-ring (bicyclic) bond motifs is 1. The second-order valence-corrected chi connectivity index (χ2v) is 6.28. The number of hydrogen-bond donors (Lipinski definition) is 1. The second-order valence-electron chi connectivity index (χ2n) is 6.28. The molecule has 0 saturated carbocycles. The van der Waals surface area contributed by atoms with E-state index in [4.69, 9.17) is 9.47 Å². The minimum Gasteiger partial charge on any atom is -0.481 e. The van der Waals surface area contributed by atoms with E-state index in [1.54, 1.807) is 25.1 Å². The standard InChI is InChI=1S/C22H21NO4/c1-14-8-9-18(22(25)26-3)13-20(14)23-21(24)15(2)27-19-11-10-16-6-4-5-7-17(16)12-19/h4-13,15H,1-3H3,(H,23,24)/t15-/m1/s1. The fourth-order valence-electron chi connectivity index (χ4n) is 2.73. The Morgan fingerprint density at radius 2 is 1.70 bits per heavy atom. The molecule has 0 bridgehead atoms. The van der Waals surface area contributed by atoms with Gasteiger partial charge in [0.15, 0.2) is 6.10 Å². The molecule has 0 aromatic heterocycles. The zero-order valence-electron chi connectivity index (χ0n) is 15.5. The quantitative estimate of drug-likeness (QED) is 0.685. The minimum atomic E-state index is -0.702. The Kier molecular flexibility index (Phi) is 5.41. The van der Waals surface area contributed by atoms with E-state index in [0.29, 0.717) is 17.0 Å². The lowest BCUT2D eigenvalue weighted by Gasteiger charge is -2.16. The number of methoxy groups -OCH3 is 1. The molecule has 0 fully saturated rings. The van der Waals surface area contributed by atoms with E-state index in [9.17, 15) is 9.59 Å². The highest BCUT2D eigenvalue weighted by atomic mass is 16.5.